The third-order valence-electron chi connectivity index (χ3n) is 4.82. The molecule has 1 fully saturated rings. The Hall–Kier alpha value is -1.63. The molecule has 2 N–H and O–H groups in total. The van der Waals surface area contributed by atoms with Crippen LogP contribution < -0.4 is 10.6 Å². The first kappa shape index (κ1) is 20.7. The Morgan fingerprint density at radius 2 is 2.08 bits per heavy atom. The first-order valence-corrected chi connectivity index (χ1v) is 10.3. The number of nitrogens with zero attached hydrogens (tertiary/aromatic N) is 3. The topological polar surface area (TPSA) is 69.6 Å². The maximum absolute atomic E-state index is 11.5. The van der Waals surface area contributed by atoms with Crippen molar-refractivity contribution in [3.63, 3.8) is 0 Å². The van der Waals surface area contributed by atoms with E-state index in [9.17, 15) is 4.79 Å². The van der Waals surface area contributed by atoms with E-state index in [0.29, 0.717) is 12.3 Å². The minimum Gasteiger partial charge on any atom is -0.359 e. The van der Waals surface area contributed by atoms with Gasteiger partial charge in [0.15, 0.2) is 5.96 Å². The average Bonchev–Trinajstić information content (AvgIpc) is 3.09. The lowest BCUT2D eigenvalue weighted by molar-refractivity contribution is -0.121. The zero-order chi connectivity index (χ0) is 19.2. The van der Waals surface area contributed by atoms with Gasteiger partial charge in [0.25, 0.3) is 0 Å². The van der Waals surface area contributed by atoms with Gasteiger partial charge in [-0.15, -0.1) is 11.3 Å². The lowest BCUT2D eigenvalue weighted by atomic mass is 9.93. The molecular weight excluding hydrogens is 346 g/mol. The minimum atomic E-state index is 0.108. The lowest BCUT2D eigenvalue weighted by Crippen LogP contribution is -2.46. The molecule has 0 spiro atoms. The molecule has 0 unspecified atom stereocenters. The van der Waals surface area contributed by atoms with Crippen molar-refractivity contribution >= 4 is 23.2 Å². The highest BCUT2D eigenvalue weighted by Crippen LogP contribution is 2.24. The molecule has 6 nitrogen and oxygen atoms in total. The number of nitrogens with one attached hydrogen (secondary N) is 2. The number of aromatic nitrogens is 1. The van der Waals surface area contributed by atoms with Gasteiger partial charge in [-0.3, -0.25) is 9.79 Å². The highest BCUT2D eigenvalue weighted by Gasteiger charge is 2.23. The summed E-state index contributed by atoms with van der Waals surface area (Å²) in [5.74, 6) is 1.58. The summed E-state index contributed by atoms with van der Waals surface area (Å²) in [5, 5.41) is 9.52. The first-order chi connectivity index (χ1) is 12.3. The van der Waals surface area contributed by atoms with E-state index in [0.717, 1.165) is 44.9 Å². The number of hydrogen-bond acceptors (Lipinski definition) is 4. The molecule has 26 heavy (non-hydrogen) atoms. The number of rotatable bonds is 5. The number of carbonyl (C=O) groups is 1. The summed E-state index contributed by atoms with van der Waals surface area (Å²) in [6, 6.07) is 0. The van der Waals surface area contributed by atoms with Crippen LogP contribution in [0.3, 0.4) is 0 Å². The van der Waals surface area contributed by atoms with Crippen molar-refractivity contribution in [2.75, 3.05) is 33.7 Å². The molecule has 1 aliphatic heterocycles. The molecule has 1 aromatic heterocycles. The highest BCUT2D eigenvalue weighted by molar-refractivity contribution is 7.09. The molecule has 1 saturated heterocycles. The van der Waals surface area contributed by atoms with Crippen molar-refractivity contribution < 1.29 is 4.79 Å². The molecule has 1 aromatic rings. The SMILES string of the molecule is CN=C(NCCc1nc(C(C)(C)C)cs1)N1CCC(CC(=O)NC)CC1. The summed E-state index contributed by atoms with van der Waals surface area (Å²) in [6.45, 7) is 9.32. The van der Waals surface area contributed by atoms with Crippen molar-refractivity contribution in [1.29, 1.82) is 0 Å². The zero-order valence-electron chi connectivity index (χ0n) is 16.8. The molecule has 2 heterocycles. The molecular formula is C19H33N5OS. The Morgan fingerprint density at radius 1 is 1.38 bits per heavy atom. The predicted molar refractivity (Wildman–Crippen MR) is 109 cm³/mol. The number of amides is 1. The van der Waals surface area contributed by atoms with E-state index >= 15 is 0 Å². The second-order valence-corrected chi connectivity index (χ2v) is 8.85. The van der Waals surface area contributed by atoms with Gasteiger partial charge in [-0.1, -0.05) is 20.8 Å². The minimum absolute atomic E-state index is 0.108. The molecule has 0 aliphatic carbocycles. The molecule has 0 saturated carbocycles. The summed E-state index contributed by atoms with van der Waals surface area (Å²) < 4.78 is 0. The Morgan fingerprint density at radius 3 is 2.62 bits per heavy atom. The van der Waals surface area contributed by atoms with Gasteiger partial charge in [0.1, 0.15) is 0 Å². The quantitative estimate of drug-likeness (QED) is 0.609. The van der Waals surface area contributed by atoms with Crippen LogP contribution in [0.2, 0.25) is 0 Å². The maximum atomic E-state index is 11.5. The Kier molecular flexibility index (Phi) is 7.43. The highest BCUT2D eigenvalue weighted by atomic mass is 32.1. The van der Waals surface area contributed by atoms with Gasteiger partial charge >= 0.3 is 0 Å². The molecule has 7 heteroatoms. The van der Waals surface area contributed by atoms with E-state index in [-0.39, 0.29) is 11.3 Å². The monoisotopic (exact) mass is 379 g/mol. The van der Waals surface area contributed by atoms with Crippen molar-refractivity contribution in [2.24, 2.45) is 10.9 Å². The standard InChI is InChI=1S/C19H33N5OS/c1-19(2,3)15-13-26-17(23-15)6-9-22-18(21-5)24-10-7-14(8-11-24)12-16(25)20-4/h13-14H,6-12H2,1-5H3,(H,20,25)(H,21,22). The maximum Gasteiger partial charge on any atom is 0.220 e. The number of aliphatic imine (C=N–C) groups is 1. The van der Waals surface area contributed by atoms with Crippen molar-refractivity contribution in [3.05, 3.63) is 16.1 Å². The fourth-order valence-electron chi connectivity index (χ4n) is 3.10. The van der Waals surface area contributed by atoms with E-state index in [1.807, 2.05) is 7.05 Å². The molecule has 2 rings (SSSR count). The second kappa shape index (κ2) is 9.35. The van der Waals surface area contributed by atoms with Crippen LogP contribution in [-0.4, -0.2) is 55.5 Å². The number of piperidine rings is 1. The van der Waals surface area contributed by atoms with Crippen LogP contribution in [0.4, 0.5) is 0 Å². The van der Waals surface area contributed by atoms with E-state index in [1.165, 1.54) is 10.7 Å². The fourth-order valence-corrected chi connectivity index (χ4v) is 4.12. The predicted octanol–water partition coefficient (Wildman–Crippen LogP) is 2.41. The summed E-state index contributed by atoms with van der Waals surface area (Å²) in [6.07, 6.45) is 3.62. The van der Waals surface area contributed by atoms with Gasteiger partial charge in [-0.2, -0.15) is 0 Å². The van der Waals surface area contributed by atoms with Crippen LogP contribution in [0.15, 0.2) is 10.4 Å². The summed E-state index contributed by atoms with van der Waals surface area (Å²) in [5.41, 5.74) is 1.28. The van der Waals surface area contributed by atoms with Gasteiger partial charge in [0.05, 0.1) is 10.7 Å². The Bertz CT molecular complexity index is 612. The van der Waals surface area contributed by atoms with Crippen LogP contribution in [0, 0.1) is 5.92 Å². The Balaban J connectivity index is 1.76. The molecule has 146 valence electrons. The number of likely N-dealkylation sites (tertiary alicyclic amines) is 1. The van der Waals surface area contributed by atoms with E-state index in [1.54, 1.807) is 18.4 Å². The Labute approximate surface area is 161 Å². The van der Waals surface area contributed by atoms with Gasteiger partial charge in [0.2, 0.25) is 5.91 Å². The molecule has 1 amide bonds. The normalized spacial score (nSPS) is 16.7. The largest absolute Gasteiger partial charge is 0.359 e. The lowest BCUT2D eigenvalue weighted by Gasteiger charge is -2.34. The fraction of sp³-hybridized carbons (Fsp3) is 0.737. The van der Waals surface area contributed by atoms with E-state index in [4.69, 9.17) is 4.98 Å². The number of thiazole rings is 1. The molecule has 1 aliphatic rings. The summed E-state index contributed by atoms with van der Waals surface area (Å²) in [4.78, 5) is 23.0. The van der Waals surface area contributed by atoms with Crippen LogP contribution in [0.25, 0.3) is 0 Å². The van der Waals surface area contributed by atoms with Crippen LogP contribution in [0.5, 0.6) is 0 Å². The van der Waals surface area contributed by atoms with Gasteiger partial charge in [0, 0.05) is 57.4 Å². The van der Waals surface area contributed by atoms with Crippen LogP contribution >= 0.6 is 11.3 Å². The third kappa shape index (κ3) is 5.97. The summed E-state index contributed by atoms with van der Waals surface area (Å²) in [7, 11) is 3.54. The van der Waals surface area contributed by atoms with Crippen molar-refractivity contribution in [3.8, 4) is 0 Å². The number of hydrogen-bond donors (Lipinski definition) is 2. The van der Waals surface area contributed by atoms with Crippen molar-refractivity contribution in [1.82, 2.24) is 20.5 Å². The zero-order valence-corrected chi connectivity index (χ0v) is 17.6. The molecule has 0 atom stereocenters. The summed E-state index contributed by atoms with van der Waals surface area (Å²) >= 11 is 1.74. The van der Waals surface area contributed by atoms with Crippen LogP contribution in [0.1, 0.15) is 50.7 Å². The van der Waals surface area contributed by atoms with E-state index < -0.39 is 0 Å². The van der Waals surface area contributed by atoms with E-state index in [2.05, 4.69) is 46.7 Å². The average molecular weight is 380 g/mol. The van der Waals surface area contributed by atoms with Crippen molar-refractivity contribution in [2.45, 2.75) is 51.9 Å². The molecule has 0 bridgehead atoms. The number of guanidine groups is 1. The molecule has 0 aromatic carbocycles. The van der Waals surface area contributed by atoms with Crippen LogP contribution in [-0.2, 0) is 16.6 Å². The van der Waals surface area contributed by atoms with Gasteiger partial charge in [-0.25, -0.2) is 4.98 Å². The van der Waals surface area contributed by atoms with Gasteiger partial charge < -0.3 is 15.5 Å². The smallest absolute Gasteiger partial charge is 0.220 e. The second-order valence-electron chi connectivity index (χ2n) is 7.91. The number of carbonyl (C=O) groups excluding carboxylic acids is 1. The third-order valence-corrected chi connectivity index (χ3v) is 5.73. The van der Waals surface area contributed by atoms with Gasteiger partial charge in [-0.05, 0) is 18.8 Å². The molecule has 0 radical (unpaired) electrons. The first-order valence-electron chi connectivity index (χ1n) is 9.44.